The highest BCUT2D eigenvalue weighted by molar-refractivity contribution is 5.01. The number of hydrogen-bond donors (Lipinski definition) is 1. The minimum atomic E-state index is 0.400. The van der Waals surface area contributed by atoms with E-state index >= 15 is 0 Å². The van der Waals surface area contributed by atoms with Crippen LogP contribution in [0.15, 0.2) is 0 Å². The van der Waals surface area contributed by atoms with Crippen molar-refractivity contribution in [2.45, 2.75) is 70.3 Å². The van der Waals surface area contributed by atoms with Gasteiger partial charge in [-0.25, -0.2) is 0 Å². The molecule has 4 bridgehead atoms. The Bertz CT molecular complexity index is 346. The van der Waals surface area contributed by atoms with E-state index in [2.05, 4.69) is 24.2 Å². The topological polar surface area (TPSA) is 15.3 Å². The maximum atomic E-state index is 3.52. The Morgan fingerprint density at radius 2 is 1.48 bits per heavy atom. The lowest BCUT2D eigenvalue weighted by molar-refractivity contribution is -0.0621. The minimum absolute atomic E-state index is 0.400. The maximum absolute atomic E-state index is 3.52. The zero-order valence-electron chi connectivity index (χ0n) is 14.2. The summed E-state index contributed by atoms with van der Waals surface area (Å²) >= 11 is 0. The number of rotatable bonds is 4. The largest absolute Gasteiger partial charge is 0.314 e. The molecule has 0 aromatic carbocycles. The van der Waals surface area contributed by atoms with Crippen LogP contribution in [-0.2, 0) is 0 Å². The predicted octanol–water partition coefficient (Wildman–Crippen LogP) is 3.67. The summed E-state index contributed by atoms with van der Waals surface area (Å²) in [4.78, 5) is 2.76. The number of nitrogens with one attached hydrogen (secondary N) is 1. The van der Waals surface area contributed by atoms with Crippen LogP contribution in [0.4, 0.5) is 0 Å². The van der Waals surface area contributed by atoms with Crippen molar-refractivity contribution in [1.29, 1.82) is 0 Å². The predicted molar refractivity (Wildman–Crippen MR) is 88.4 cm³/mol. The lowest BCUT2D eigenvalue weighted by atomic mass is 9.49. The molecule has 0 amide bonds. The molecule has 4 aliphatic carbocycles. The minimum Gasteiger partial charge on any atom is -0.314 e. The zero-order valence-corrected chi connectivity index (χ0v) is 14.2. The molecule has 0 unspecified atom stereocenters. The molecule has 4 saturated carbocycles. The molecule has 5 fully saturated rings. The van der Waals surface area contributed by atoms with Crippen LogP contribution in [0.2, 0.25) is 0 Å². The van der Waals surface area contributed by atoms with Crippen LogP contribution >= 0.6 is 0 Å². The molecule has 0 aromatic heterocycles. The summed E-state index contributed by atoms with van der Waals surface area (Å²) in [6, 6.07) is 0. The van der Waals surface area contributed by atoms with Gasteiger partial charge in [0.05, 0.1) is 0 Å². The SMILES string of the molecule is CNC1(C)CCN(CCC23CC4CC(CC(C4)C2)C3)CC1. The Balaban J connectivity index is 1.31. The maximum Gasteiger partial charge on any atom is 0.0174 e. The van der Waals surface area contributed by atoms with Gasteiger partial charge in [-0.2, -0.15) is 0 Å². The van der Waals surface area contributed by atoms with Gasteiger partial charge in [0.15, 0.2) is 0 Å². The highest BCUT2D eigenvalue weighted by atomic mass is 15.1. The molecule has 2 heteroatoms. The van der Waals surface area contributed by atoms with Crippen LogP contribution < -0.4 is 5.32 Å². The number of piperidine rings is 1. The van der Waals surface area contributed by atoms with E-state index in [0.717, 1.165) is 23.2 Å². The van der Waals surface area contributed by atoms with Gasteiger partial charge in [-0.3, -0.25) is 0 Å². The van der Waals surface area contributed by atoms with Gasteiger partial charge in [0.2, 0.25) is 0 Å². The molecule has 1 aliphatic heterocycles. The third kappa shape index (κ3) is 2.79. The molecule has 21 heavy (non-hydrogen) atoms. The normalized spacial score (nSPS) is 45.1. The Kier molecular flexibility index (Phi) is 3.61. The average Bonchev–Trinajstić information content (AvgIpc) is 2.45. The van der Waals surface area contributed by atoms with Crippen LogP contribution in [0.5, 0.6) is 0 Å². The molecular formula is C19H34N2. The monoisotopic (exact) mass is 290 g/mol. The molecule has 5 rings (SSSR count). The van der Waals surface area contributed by atoms with Gasteiger partial charge >= 0.3 is 0 Å². The van der Waals surface area contributed by atoms with Crippen molar-refractivity contribution in [1.82, 2.24) is 10.2 Å². The van der Waals surface area contributed by atoms with E-state index in [4.69, 9.17) is 0 Å². The second-order valence-electron chi connectivity index (χ2n) is 9.32. The van der Waals surface area contributed by atoms with Crippen molar-refractivity contribution < 1.29 is 0 Å². The van der Waals surface area contributed by atoms with Gasteiger partial charge in [0, 0.05) is 5.54 Å². The second kappa shape index (κ2) is 5.23. The Morgan fingerprint density at radius 1 is 0.952 bits per heavy atom. The van der Waals surface area contributed by atoms with Crippen LogP contribution in [0.3, 0.4) is 0 Å². The van der Waals surface area contributed by atoms with Gasteiger partial charge in [-0.15, -0.1) is 0 Å². The zero-order chi connectivity index (χ0) is 14.5. The van der Waals surface area contributed by atoms with Gasteiger partial charge in [0.25, 0.3) is 0 Å². The Morgan fingerprint density at radius 3 is 1.95 bits per heavy atom. The molecule has 0 aromatic rings. The van der Waals surface area contributed by atoms with Crippen molar-refractivity contribution >= 4 is 0 Å². The average molecular weight is 290 g/mol. The van der Waals surface area contributed by atoms with Crippen molar-refractivity contribution in [2.24, 2.45) is 23.2 Å². The molecule has 1 heterocycles. The fraction of sp³-hybridized carbons (Fsp3) is 1.00. The fourth-order valence-electron chi connectivity index (χ4n) is 6.51. The van der Waals surface area contributed by atoms with E-state index in [9.17, 15) is 0 Å². The van der Waals surface area contributed by atoms with E-state index in [1.807, 2.05) is 0 Å². The third-order valence-corrected chi connectivity index (χ3v) is 7.69. The summed E-state index contributed by atoms with van der Waals surface area (Å²) in [7, 11) is 2.13. The van der Waals surface area contributed by atoms with E-state index in [0.29, 0.717) is 5.54 Å². The molecule has 0 atom stereocenters. The van der Waals surface area contributed by atoms with Crippen molar-refractivity contribution in [3.63, 3.8) is 0 Å². The first-order valence-corrected chi connectivity index (χ1v) is 9.49. The van der Waals surface area contributed by atoms with E-state index < -0.39 is 0 Å². The lowest BCUT2D eigenvalue weighted by Crippen LogP contribution is -2.51. The molecule has 1 saturated heterocycles. The first kappa shape index (κ1) is 14.5. The second-order valence-corrected chi connectivity index (χ2v) is 9.32. The molecule has 1 N–H and O–H groups in total. The summed E-state index contributed by atoms with van der Waals surface area (Å²) in [6.07, 6.45) is 13.7. The molecule has 5 aliphatic rings. The van der Waals surface area contributed by atoms with Gasteiger partial charge in [-0.1, -0.05) is 0 Å². The van der Waals surface area contributed by atoms with E-state index in [1.54, 1.807) is 38.5 Å². The summed E-state index contributed by atoms with van der Waals surface area (Å²) in [5.41, 5.74) is 1.18. The molecule has 0 spiro atoms. The standard InChI is InChI=1S/C19H34N2/c1-18(20-2)3-6-21(7-4-18)8-5-19-12-15-9-16(13-19)11-17(10-15)14-19/h15-17,20H,3-14H2,1-2H3. The van der Waals surface area contributed by atoms with Crippen LogP contribution in [0.25, 0.3) is 0 Å². The van der Waals surface area contributed by atoms with Crippen molar-refractivity contribution in [3.8, 4) is 0 Å². The summed E-state index contributed by atoms with van der Waals surface area (Å²) in [5, 5.41) is 3.52. The number of nitrogens with zero attached hydrogens (tertiary/aromatic N) is 1. The van der Waals surface area contributed by atoms with Gasteiger partial charge in [0.1, 0.15) is 0 Å². The first-order valence-electron chi connectivity index (χ1n) is 9.49. The highest BCUT2D eigenvalue weighted by Crippen LogP contribution is 2.61. The van der Waals surface area contributed by atoms with Crippen LogP contribution in [0, 0.1) is 23.2 Å². The van der Waals surface area contributed by atoms with Crippen molar-refractivity contribution in [2.75, 3.05) is 26.7 Å². The smallest absolute Gasteiger partial charge is 0.0174 e. The fourth-order valence-corrected chi connectivity index (χ4v) is 6.51. The van der Waals surface area contributed by atoms with E-state index in [1.165, 1.54) is 38.9 Å². The quantitative estimate of drug-likeness (QED) is 0.850. The Labute approximate surface area is 131 Å². The summed E-state index contributed by atoms with van der Waals surface area (Å²) in [5.74, 6) is 3.35. The van der Waals surface area contributed by atoms with Crippen LogP contribution in [0.1, 0.15) is 64.7 Å². The molecule has 0 radical (unpaired) electrons. The summed E-state index contributed by atoms with van der Waals surface area (Å²) in [6.45, 7) is 6.39. The molecular weight excluding hydrogens is 256 g/mol. The van der Waals surface area contributed by atoms with E-state index in [-0.39, 0.29) is 0 Å². The van der Waals surface area contributed by atoms with Gasteiger partial charge in [-0.05, 0) is 115 Å². The highest BCUT2D eigenvalue weighted by Gasteiger charge is 2.50. The number of likely N-dealkylation sites (tertiary alicyclic amines) is 1. The summed E-state index contributed by atoms with van der Waals surface area (Å²) < 4.78 is 0. The molecule has 2 nitrogen and oxygen atoms in total. The Hall–Kier alpha value is -0.0800. The van der Waals surface area contributed by atoms with Gasteiger partial charge < -0.3 is 10.2 Å². The molecule has 120 valence electrons. The first-order chi connectivity index (χ1) is 10.1. The number of hydrogen-bond acceptors (Lipinski definition) is 2. The van der Waals surface area contributed by atoms with Crippen LogP contribution in [-0.4, -0.2) is 37.1 Å². The van der Waals surface area contributed by atoms with Crippen molar-refractivity contribution in [3.05, 3.63) is 0 Å². The lowest BCUT2D eigenvalue weighted by Gasteiger charge is -2.57. The third-order valence-electron chi connectivity index (χ3n) is 7.69.